The van der Waals surface area contributed by atoms with Crippen molar-refractivity contribution < 1.29 is 9.47 Å². The minimum absolute atomic E-state index is 0.273. The molecule has 1 aromatic rings. The highest BCUT2D eigenvalue weighted by molar-refractivity contribution is 7.80. The number of hydrogen-bond donors (Lipinski definition) is 2. The van der Waals surface area contributed by atoms with Crippen LogP contribution in [0, 0.1) is 0 Å². The molecule has 23 heavy (non-hydrogen) atoms. The molecule has 2 rings (SSSR count). The number of hydrogen-bond acceptors (Lipinski definition) is 4. The molecule has 126 valence electrons. The summed E-state index contributed by atoms with van der Waals surface area (Å²) in [5.41, 5.74) is 5.17. The second-order valence-corrected chi connectivity index (χ2v) is 6.06. The van der Waals surface area contributed by atoms with E-state index in [9.17, 15) is 0 Å². The summed E-state index contributed by atoms with van der Waals surface area (Å²) in [5.74, 6) is 0.878. The van der Waals surface area contributed by atoms with Gasteiger partial charge >= 0.3 is 0 Å². The fraction of sp³-hybridized carbons (Fsp3) is 0.529. The number of nitrogens with one attached hydrogen (secondary N) is 2. The number of aryl methyl sites for hydroxylation is 1. The number of nitrogens with zero attached hydrogens (tertiary/aromatic N) is 1. The van der Waals surface area contributed by atoms with Crippen LogP contribution >= 0.6 is 12.2 Å². The van der Waals surface area contributed by atoms with Crippen LogP contribution in [0.15, 0.2) is 29.4 Å². The van der Waals surface area contributed by atoms with E-state index in [1.807, 2.05) is 19.1 Å². The largest absolute Gasteiger partial charge is 0.497 e. The van der Waals surface area contributed by atoms with Gasteiger partial charge in [-0.2, -0.15) is 5.10 Å². The van der Waals surface area contributed by atoms with Gasteiger partial charge in [-0.15, -0.1) is 0 Å². The van der Waals surface area contributed by atoms with E-state index in [1.165, 1.54) is 5.56 Å². The molecule has 0 bridgehead atoms. The van der Waals surface area contributed by atoms with Crippen LogP contribution in [0.1, 0.15) is 31.7 Å². The van der Waals surface area contributed by atoms with Crippen molar-refractivity contribution in [2.45, 2.75) is 38.7 Å². The Kier molecular flexibility index (Phi) is 7.29. The molecule has 5 nitrogen and oxygen atoms in total. The van der Waals surface area contributed by atoms with E-state index in [0.717, 1.165) is 50.3 Å². The summed E-state index contributed by atoms with van der Waals surface area (Å²) in [6.45, 7) is 3.60. The third-order valence-electron chi connectivity index (χ3n) is 3.80. The minimum Gasteiger partial charge on any atom is -0.497 e. The summed E-state index contributed by atoms with van der Waals surface area (Å²) in [5, 5.41) is 8.00. The smallest absolute Gasteiger partial charge is 0.187 e. The van der Waals surface area contributed by atoms with E-state index in [4.69, 9.17) is 21.7 Å². The number of rotatable bonds is 7. The predicted molar refractivity (Wildman–Crippen MR) is 97.1 cm³/mol. The molecule has 1 heterocycles. The predicted octanol–water partition coefficient (Wildman–Crippen LogP) is 2.65. The van der Waals surface area contributed by atoms with Crippen LogP contribution in [0.25, 0.3) is 0 Å². The molecule has 1 aliphatic heterocycles. The summed E-state index contributed by atoms with van der Waals surface area (Å²) in [6, 6.07) is 8.11. The van der Waals surface area contributed by atoms with E-state index < -0.39 is 0 Å². The fourth-order valence-corrected chi connectivity index (χ4v) is 2.50. The van der Waals surface area contributed by atoms with Crippen molar-refractivity contribution in [3.8, 4) is 5.75 Å². The number of thiocarbonyl (C=S) groups is 1. The third-order valence-corrected chi connectivity index (χ3v) is 4.03. The molecule has 1 aliphatic rings. The minimum atomic E-state index is 0.273. The molecule has 0 aromatic heterocycles. The van der Waals surface area contributed by atoms with Gasteiger partial charge in [0.15, 0.2) is 5.11 Å². The zero-order chi connectivity index (χ0) is 16.5. The number of methoxy groups -OCH3 is 1. The molecule has 0 saturated carbocycles. The topological polar surface area (TPSA) is 54.9 Å². The highest BCUT2D eigenvalue weighted by Crippen LogP contribution is 2.13. The lowest BCUT2D eigenvalue weighted by atomic mass is 10.1. The van der Waals surface area contributed by atoms with Crippen LogP contribution in [0.4, 0.5) is 0 Å². The summed E-state index contributed by atoms with van der Waals surface area (Å²) < 4.78 is 10.7. The Bertz CT molecular complexity index is 525. The molecule has 1 saturated heterocycles. The first-order valence-electron chi connectivity index (χ1n) is 7.99. The third kappa shape index (κ3) is 6.54. The quantitative estimate of drug-likeness (QED) is 0.456. The van der Waals surface area contributed by atoms with Gasteiger partial charge in [0.2, 0.25) is 0 Å². The lowest BCUT2D eigenvalue weighted by Crippen LogP contribution is -2.37. The first kappa shape index (κ1) is 17.7. The molecule has 1 fully saturated rings. The van der Waals surface area contributed by atoms with Crippen molar-refractivity contribution in [1.82, 2.24) is 10.7 Å². The van der Waals surface area contributed by atoms with Gasteiger partial charge in [0.05, 0.1) is 13.2 Å². The van der Waals surface area contributed by atoms with Gasteiger partial charge in [-0.25, -0.2) is 0 Å². The van der Waals surface area contributed by atoms with Gasteiger partial charge in [-0.05, 0) is 62.5 Å². The van der Waals surface area contributed by atoms with Gasteiger partial charge in [0.25, 0.3) is 0 Å². The summed E-state index contributed by atoms with van der Waals surface area (Å²) in [4.78, 5) is 0. The van der Waals surface area contributed by atoms with Crippen LogP contribution in [-0.2, 0) is 11.2 Å². The fourth-order valence-electron chi connectivity index (χ4n) is 2.37. The molecular weight excluding hydrogens is 310 g/mol. The maximum Gasteiger partial charge on any atom is 0.187 e. The second kappa shape index (κ2) is 9.47. The Morgan fingerprint density at radius 3 is 2.83 bits per heavy atom. The molecule has 0 aliphatic carbocycles. The summed E-state index contributed by atoms with van der Waals surface area (Å²) >= 11 is 5.21. The molecule has 0 amide bonds. The average molecular weight is 335 g/mol. The van der Waals surface area contributed by atoms with Crippen molar-refractivity contribution >= 4 is 23.0 Å². The van der Waals surface area contributed by atoms with E-state index in [-0.39, 0.29) is 6.10 Å². The highest BCUT2D eigenvalue weighted by Gasteiger charge is 2.14. The van der Waals surface area contributed by atoms with Crippen LogP contribution in [-0.4, -0.2) is 37.2 Å². The molecule has 2 N–H and O–H groups in total. The Morgan fingerprint density at radius 2 is 2.17 bits per heavy atom. The van der Waals surface area contributed by atoms with E-state index >= 15 is 0 Å². The SMILES string of the molecule is COc1ccc(CC/C(C)=N\NC(=S)NC[C@H]2CCCO2)cc1. The Balaban J connectivity index is 1.66. The van der Waals surface area contributed by atoms with Gasteiger partial charge in [-0.1, -0.05) is 12.1 Å². The van der Waals surface area contributed by atoms with Gasteiger partial charge < -0.3 is 14.8 Å². The average Bonchev–Trinajstić information content (AvgIpc) is 3.10. The monoisotopic (exact) mass is 335 g/mol. The maximum absolute atomic E-state index is 5.54. The van der Waals surface area contributed by atoms with E-state index in [1.54, 1.807) is 7.11 Å². The molecule has 0 spiro atoms. The van der Waals surface area contributed by atoms with Crippen molar-refractivity contribution in [2.24, 2.45) is 5.10 Å². The first-order chi connectivity index (χ1) is 11.2. The van der Waals surface area contributed by atoms with Crippen molar-refractivity contribution in [1.29, 1.82) is 0 Å². The molecular formula is C17H25N3O2S. The number of benzene rings is 1. The van der Waals surface area contributed by atoms with E-state index in [2.05, 4.69) is 28.0 Å². The number of ether oxygens (including phenoxy) is 2. The molecule has 1 atom stereocenters. The molecule has 1 aromatic carbocycles. The lowest BCUT2D eigenvalue weighted by Gasteiger charge is -2.12. The zero-order valence-corrected chi connectivity index (χ0v) is 14.6. The summed E-state index contributed by atoms with van der Waals surface area (Å²) in [6.07, 6.45) is 4.33. The van der Waals surface area contributed by atoms with Crippen molar-refractivity contribution in [3.63, 3.8) is 0 Å². The standard InChI is InChI=1S/C17H25N3O2S/c1-13(5-6-14-7-9-15(21-2)10-8-14)19-20-17(23)18-12-16-4-3-11-22-16/h7-10,16H,3-6,11-12H2,1-2H3,(H2,18,20,23)/b19-13-/t16-/m1/s1. The Morgan fingerprint density at radius 1 is 1.39 bits per heavy atom. The normalized spacial score (nSPS) is 17.8. The second-order valence-electron chi connectivity index (χ2n) is 5.65. The van der Waals surface area contributed by atoms with Crippen LogP contribution in [0.2, 0.25) is 0 Å². The molecule has 0 unspecified atom stereocenters. The summed E-state index contributed by atoms with van der Waals surface area (Å²) in [7, 11) is 1.67. The van der Waals surface area contributed by atoms with Crippen molar-refractivity contribution in [2.75, 3.05) is 20.3 Å². The van der Waals surface area contributed by atoms with Crippen LogP contribution in [0.5, 0.6) is 5.75 Å². The molecule has 6 heteroatoms. The van der Waals surface area contributed by atoms with Crippen LogP contribution < -0.4 is 15.5 Å². The zero-order valence-electron chi connectivity index (χ0n) is 13.8. The first-order valence-corrected chi connectivity index (χ1v) is 8.39. The lowest BCUT2D eigenvalue weighted by molar-refractivity contribution is 0.114. The van der Waals surface area contributed by atoms with Crippen molar-refractivity contribution in [3.05, 3.63) is 29.8 Å². The van der Waals surface area contributed by atoms with Gasteiger partial charge in [0, 0.05) is 18.9 Å². The van der Waals surface area contributed by atoms with E-state index in [0.29, 0.717) is 5.11 Å². The van der Waals surface area contributed by atoms with Gasteiger partial charge in [0.1, 0.15) is 5.75 Å². The molecule has 0 radical (unpaired) electrons. The Hall–Kier alpha value is -1.66. The van der Waals surface area contributed by atoms with Crippen LogP contribution in [0.3, 0.4) is 0 Å². The number of hydrazone groups is 1. The van der Waals surface area contributed by atoms with Gasteiger partial charge in [-0.3, -0.25) is 5.43 Å². The highest BCUT2D eigenvalue weighted by atomic mass is 32.1. The Labute approximate surface area is 143 Å². The maximum atomic E-state index is 5.54.